The normalized spacial score (nSPS) is 11.7. The molecule has 0 aliphatic carbocycles. The molecule has 0 aliphatic heterocycles. The van der Waals surface area contributed by atoms with Crippen molar-refractivity contribution in [3.05, 3.63) is 54.2 Å². The number of anilines is 1. The minimum absolute atomic E-state index is 0.341. The Labute approximate surface area is 132 Å². The molecule has 0 spiro atoms. The topological polar surface area (TPSA) is 58.0 Å². The molecule has 1 atom stereocenters. The van der Waals surface area contributed by atoms with Crippen molar-refractivity contribution in [2.24, 2.45) is 0 Å². The highest BCUT2D eigenvalue weighted by atomic mass is 16.5. The summed E-state index contributed by atoms with van der Waals surface area (Å²) in [7, 11) is 1.67. The molecule has 116 valence electrons. The number of hydrogen-bond donors (Lipinski definition) is 2. The van der Waals surface area contributed by atoms with Crippen molar-refractivity contribution in [3.63, 3.8) is 0 Å². The van der Waals surface area contributed by atoms with Crippen LogP contribution in [-0.2, 0) is 0 Å². The fourth-order valence-electron chi connectivity index (χ4n) is 2.33. The number of nitrogens with one attached hydrogen (secondary N) is 2. The van der Waals surface area contributed by atoms with Gasteiger partial charge in [-0.2, -0.15) is 0 Å². The molecule has 2 N–H and O–H groups in total. The highest BCUT2D eigenvalue weighted by Gasteiger charge is 2.09. The molecule has 0 saturated heterocycles. The van der Waals surface area contributed by atoms with Gasteiger partial charge >= 0.3 is 0 Å². The Hall–Kier alpha value is -2.36. The van der Waals surface area contributed by atoms with Crippen molar-refractivity contribution in [1.29, 1.82) is 5.41 Å². The SMILES string of the molecule is COc1ccc(C(C)CC(=N)CCNc2ccccn2)cc1. The van der Waals surface area contributed by atoms with E-state index in [-0.39, 0.29) is 0 Å². The van der Waals surface area contributed by atoms with Crippen molar-refractivity contribution >= 4 is 11.5 Å². The summed E-state index contributed by atoms with van der Waals surface area (Å²) in [4.78, 5) is 4.21. The van der Waals surface area contributed by atoms with Crippen molar-refractivity contribution in [1.82, 2.24) is 4.98 Å². The number of pyridine rings is 1. The molecule has 2 rings (SSSR count). The number of rotatable bonds is 8. The Bertz CT molecular complexity index is 581. The van der Waals surface area contributed by atoms with E-state index < -0.39 is 0 Å². The van der Waals surface area contributed by atoms with Crippen LogP contribution in [-0.4, -0.2) is 24.4 Å². The second-order valence-electron chi connectivity index (χ2n) is 5.37. The van der Waals surface area contributed by atoms with E-state index in [1.54, 1.807) is 13.3 Å². The summed E-state index contributed by atoms with van der Waals surface area (Å²) in [5.41, 5.74) is 2.00. The van der Waals surface area contributed by atoms with E-state index in [9.17, 15) is 0 Å². The maximum atomic E-state index is 8.13. The van der Waals surface area contributed by atoms with Gasteiger partial charge in [-0.05, 0) is 42.2 Å². The molecule has 0 bridgehead atoms. The fourth-order valence-corrected chi connectivity index (χ4v) is 2.33. The predicted octanol–water partition coefficient (Wildman–Crippen LogP) is 4.11. The summed E-state index contributed by atoms with van der Waals surface area (Å²) in [6.45, 7) is 2.90. The number of methoxy groups -OCH3 is 1. The molecule has 0 fully saturated rings. The second-order valence-corrected chi connectivity index (χ2v) is 5.37. The fraction of sp³-hybridized carbons (Fsp3) is 0.333. The number of aromatic nitrogens is 1. The van der Waals surface area contributed by atoms with Crippen molar-refractivity contribution in [2.75, 3.05) is 19.0 Å². The zero-order valence-corrected chi connectivity index (χ0v) is 13.2. The minimum atomic E-state index is 0.341. The lowest BCUT2D eigenvalue weighted by atomic mass is 9.94. The van der Waals surface area contributed by atoms with Crippen LogP contribution >= 0.6 is 0 Å². The number of benzene rings is 1. The predicted molar refractivity (Wildman–Crippen MR) is 91.1 cm³/mol. The Kier molecular flexibility index (Phi) is 5.95. The van der Waals surface area contributed by atoms with Gasteiger partial charge in [0, 0.05) is 24.9 Å². The molecule has 2 aromatic rings. The van der Waals surface area contributed by atoms with Gasteiger partial charge in [-0.25, -0.2) is 4.98 Å². The van der Waals surface area contributed by atoms with E-state index in [0.29, 0.717) is 5.92 Å². The summed E-state index contributed by atoms with van der Waals surface area (Å²) in [6.07, 6.45) is 3.27. The van der Waals surface area contributed by atoms with E-state index in [4.69, 9.17) is 10.1 Å². The summed E-state index contributed by atoms with van der Waals surface area (Å²) in [6, 6.07) is 13.9. The van der Waals surface area contributed by atoms with Crippen LogP contribution < -0.4 is 10.1 Å². The van der Waals surface area contributed by atoms with E-state index in [1.807, 2.05) is 30.3 Å². The average Bonchev–Trinajstić information content (AvgIpc) is 2.56. The third-order valence-corrected chi connectivity index (χ3v) is 3.64. The first-order chi connectivity index (χ1) is 10.7. The van der Waals surface area contributed by atoms with Crippen LogP contribution in [0.15, 0.2) is 48.7 Å². The first-order valence-electron chi connectivity index (χ1n) is 7.54. The van der Waals surface area contributed by atoms with E-state index in [0.717, 1.165) is 36.7 Å². The largest absolute Gasteiger partial charge is 0.497 e. The second kappa shape index (κ2) is 8.17. The number of ether oxygens (including phenoxy) is 1. The maximum Gasteiger partial charge on any atom is 0.125 e. The summed E-state index contributed by atoms with van der Waals surface area (Å²) < 4.78 is 5.17. The van der Waals surface area contributed by atoms with Gasteiger partial charge in [0.05, 0.1) is 7.11 Å². The standard InChI is InChI=1S/C18H23N3O/c1-14(15-6-8-17(22-2)9-7-15)13-16(19)10-12-21-18-5-3-4-11-20-18/h3-9,11,14,19H,10,12-13H2,1-2H3,(H,20,21). The van der Waals surface area contributed by atoms with Crippen molar-refractivity contribution in [2.45, 2.75) is 25.7 Å². The van der Waals surface area contributed by atoms with Gasteiger partial charge in [-0.1, -0.05) is 25.1 Å². The highest BCUT2D eigenvalue weighted by Crippen LogP contribution is 2.22. The van der Waals surface area contributed by atoms with Gasteiger partial charge in [0.2, 0.25) is 0 Å². The molecular formula is C18H23N3O. The lowest BCUT2D eigenvalue weighted by Gasteiger charge is -2.13. The van der Waals surface area contributed by atoms with E-state index >= 15 is 0 Å². The molecule has 0 saturated carbocycles. The molecule has 0 radical (unpaired) electrons. The van der Waals surface area contributed by atoms with Crippen LogP contribution in [0.2, 0.25) is 0 Å². The maximum absolute atomic E-state index is 8.13. The van der Waals surface area contributed by atoms with Gasteiger partial charge in [0.25, 0.3) is 0 Å². The van der Waals surface area contributed by atoms with Gasteiger partial charge in [0.1, 0.15) is 11.6 Å². The zero-order chi connectivity index (χ0) is 15.8. The van der Waals surface area contributed by atoms with Crippen LogP contribution in [0.25, 0.3) is 0 Å². The third kappa shape index (κ3) is 4.88. The minimum Gasteiger partial charge on any atom is -0.497 e. The molecule has 1 heterocycles. The van der Waals surface area contributed by atoms with Crippen LogP contribution in [0.1, 0.15) is 31.2 Å². The van der Waals surface area contributed by atoms with Gasteiger partial charge in [-0.3, -0.25) is 0 Å². The molecule has 4 heteroatoms. The Morgan fingerprint density at radius 3 is 2.64 bits per heavy atom. The Balaban J connectivity index is 1.76. The van der Waals surface area contributed by atoms with Gasteiger partial charge < -0.3 is 15.5 Å². The van der Waals surface area contributed by atoms with E-state index in [2.05, 4.69) is 29.4 Å². The highest BCUT2D eigenvalue weighted by molar-refractivity contribution is 5.82. The number of hydrogen-bond acceptors (Lipinski definition) is 4. The molecule has 0 amide bonds. The molecule has 4 nitrogen and oxygen atoms in total. The lowest BCUT2D eigenvalue weighted by Crippen LogP contribution is -2.11. The summed E-state index contributed by atoms with van der Waals surface area (Å²) >= 11 is 0. The first kappa shape index (κ1) is 16.0. The molecule has 1 aromatic carbocycles. The summed E-state index contributed by atoms with van der Waals surface area (Å²) in [5, 5.41) is 11.4. The smallest absolute Gasteiger partial charge is 0.125 e. The van der Waals surface area contributed by atoms with Crippen LogP contribution in [0.4, 0.5) is 5.82 Å². The van der Waals surface area contributed by atoms with Crippen molar-refractivity contribution < 1.29 is 4.74 Å². The van der Waals surface area contributed by atoms with Crippen LogP contribution in [0, 0.1) is 5.41 Å². The van der Waals surface area contributed by atoms with Crippen LogP contribution in [0.3, 0.4) is 0 Å². The van der Waals surface area contributed by atoms with Gasteiger partial charge in [-0.15, -0.1) is 0 Å². The molecule has 1 unspecified atom stereocenters. The Morgan fingerprint density at radius 2 is 2.00 bits per heavy atom. The Morgan fingerprint density at radius 1 is 1.23 bits per heavy atom. The van der Waals surface area contributed by atoms with Gasteiger partial charge in [0.15, 0.2) is 0 Å². The zero-order valence-electron chi connectivity index (χ0n) is 13.2. The molecular weight excluding hydrogens is 274 g/mol. The lowest BCUT2D eigenvalue weighted by molar-refractivity contribution is 0.414. The number of nitrogens with zero attached hydrogens (tertiary/aromatic N) is 1. The average molecular weight is 297 g/mol. The third-order valence-electron chi connectivity index (χ3n) is 3.64. The monoisotopic (exact) mass is 297 g/mol. The molecule has 1 aromatic heterocycles. The first-order valence-corrected chi connectivity index (χ1v) is 7.54. The molecule has 0 aliphatic rings. The quantitative estimate of drug-likeness (QED) is 0.721. The molecule has 22 heavy (non-hydrogen) atoms. The van der Waals surface area contributed by atoms with Crippen molar-refractivity contribution in [3.8, 4) is 5.75 Å². The van der Waals surface area contributed by atoms with E-state index in [1.165, 1.54) is 5.56 Å². The summed E-state index contributed by atoms with van der Waals surface area (Å²) in [5.74, 6) is 2.07. The van der Waals surface area contributed by atoms with Crippen LogP contribution in [0.5, 0.6) is 5.75 Å².